The van der Waals surface area contributed by atoms with Gasteiger partial charge in [-0.05, 0) is 37.1 Å². The van der Waals surface area contributed by atoms with Crippen molar-refractivity contribution in [3.63, 3.8) is 0 Å². The zero-order valence-corrected chi connectivity index (χ0v) is 12.9. The van der Waals surface area contributed by atoms with Crippen molar-refractivity contribution in [1.82, 2.24) is 20.8 Å². The number of nitrogens with one attached hydrogen (secondary N) is 3. The van der Waals surface area contributed by atoms with E-state index in [1.165, 1.54) is 0 Å². The van der Waals surface area contributed by atoms with Crippen LogP contribution in [-0.2, 0) is 0 Å². The molecule has 2 heterocycles. The highest BCUT2D eigenvalue weighted by Gasteiger charge is 2.27. The van der Waals surface area contributed by atoms with Crippen LogP contribution >= 0.6 is 0 Å². The molecule has 6 nitrogen and oxygen atoms in total. The van der Waals surface area contributed by atoms with Crippen LogP contribution in [0.2, 0.25) is 0 Å². The lowest BCUT2D eigenvalue weighted by Crippen LogP contribution is -2.41. The number of carbonyl (C=O) groups is 2. The minimum absolute atomic E-state index is 0.351. The van der Waals surface area contributed by atoms with Crippen LogP contribution in [0.3, 0.4) is 0 Å². The Morgan fingerprint density at radius 3 is 2.58 bits per heavy atom. The van der Waals surface area contributed by atoms with E-state index in [1.54, 1.807) is 18.3 Å². The first-order valence-corrected chi connectivity index (χ1v) is 7.86. The first-order chi connectivity index (χ1) is 11.7. The smallest absolute Gasteiger partial charge is 0.286 e. The third-order valence-corrected chi connectivity index (χ3v) is 4.11. The summed E-state index contributed by atoms with van der Waals surface area (Å²) in [7, 11) is 0. The molecule has 4 rings (SSSR count). The number of nitrogens with zero attached hydrogens (tertiary/aromatic N) is 1. The molecule has 0 aliphatic heterocycles. The van der Waals surface area contributed by atoms with Crippen molar-refractivity contribution in [2.75, 3.05) is 0 Å². The van der Waals surface area contributed by atoms with E-state index in [0.29, 0.717) is 17.2 Å². The van der Waals surface area contributed by atoms with Crippen molar-refractivity contribution in [1.29, 1.82) is 0 Å². The molecule has 0 bridgehead atoms. The number of aromatic nitrogens is 2. The maximum atomic E-state index is 12.6. The molecular weight excluding hydrogens is 304 g/mol. The van der Waals surface area contributed by atoms with Crippen molar-refractivity contribution in [3.05, 3.63) is 65.6 Å². The minimum Gasteiger partial charge on any atom is -0.357 e. The summed E-state index contributed by atoms with van der Waals surface area (Å²) < 4.78 is 0. The van der Waals surface area contributed by atoms with Crippen LogP contribution in [0.1, 0.15) is 45.3 Å². The number of para-hydroxylation sites is 1. The van der Waals surface area contributed by atoms with E-state index in [-0.39, 0.29) is 5.91 Å². The van der Waals surface area contributed by atoms with Crippen molar-refractivity contribution >= 4 is 22.7 Å². The lowest BCUT2D eigenvalue weighted by atomic mass is 10.1. The fourth-order valence-corrected chi connectivity index (χ4v) is 2.69. The second-order valence-corrected chi connectivity index (χ2v) is 5.88. The van der Waals surface area contributed by atoms with Crippen LogP contribution in [0, 0.1) is 0 Å². The van der Waals surface area contributed by atoms with Crippen LogP contribution in [0.5, 0.6) is 0 Å². The van der Waals surface area contributed by atoms with Gasteiger partial charge in [0.15, 0.2) is 0 Å². The molecule has 1 aromatic carbocycles. The summed E-state index contributed by atoms with van der Waals surface area (Å²) in [5.74, 6) is -0.306. The predicted molar refractivity (Wildman–Crippen MR) is 89.4 cm³/mol. The predicted octanol–water partition coefficient (Wildman–Crippen LogP) is 2.52. The van der Waals surface area contributed by atoms with E-state index < -0.39 is 5.91 Å². The number of carbonyl (C=O) groups excluding carboxylic acids is 2. The van der Waals surface area contributed by atoms with Gasteiger partial charge in [-0.2, -0.15) is 0 Å². The fraction of sp³-hybridized carbons (Fsp3) is 0.167. The lowest BCUT2D eigenvalue weighted by molar-refractivity contribution is 0.0845. The van der Waals surface area contributed by atoms with Crippen LogP contribution < -0.4 is 10.9 Å². The van der Waals surface area contributed by atoms with E-state index >= 15 is 0 Å². The first kappa shape index (κ1) is 14.4. The minimum atomic E-state index is -0.394. The molecule has 3 N–H and O–H groups in total. The fourth-order valence-electron chi connectivity index (χ4n) is 2.69. The summed E-state index contributed by atoms with van der Waals surface area (Å²) in [5.41, 5.74) is 7.54. The van der Waals surface area contributed by atoms with Gasteiger partial charge in [0.05, 0.1) is 11.1 Å². The van der Waals surface area contributed by atoms with Crippen LogP contribution in [-0.4, -0.2) is 21.8 Å². The van der Waals surface area contributed by atoms with Gasteiger partial charge in [0.25, 0.3) is 11.8 Å². The van der Waals surface area contributed by atoms with Crippen molar-refractivity contribution < 1.29 is 9.59 Å². The van der Waals surface area contributed by atoms with Gasteiger partial charge in [-0.1, -0.05) is 18.2 Å². The molecule has 2 aromatic heterocycles. The third kappa shape index (κ3) is 2.74. The molecule has 0 atom stereocenters. The highest BCUT2D eigenvalue weighted by molar-refractivity contribution is 6.07. The molecule has 0 radical (unpaired) electrons. The Bertz CT molecular complexity index is 914. The van der Waals surface area contributed by atoms with Gasteiger partial charge in [-0.15, -0.1) is 0 Å². The number of H-pyrrole nitrogens is 1. The molecule has 0 saturated heterocycles. The number of hydrogen-bond acceptors (Lipinski definition) is 3. The topological polar surface area (TPSA) is 86.9 Å². The highest BCUT2D eigenvalue weighted by atomic mass is 16.2. The second-order valence-electron chi connectivity index (χ2n) is 5.88. The Labute approximate surface area is 138 Å². The van der Waals surface area contributed by atoms with Gasteiger partial charge in [-0.3, -0.25) is 25.4 Å². The number of rotatable bonds is 3. The zero-order valence-electron chi connectivity index (χ0n) is 12.9. The SMILES string of the molecule is O=C(NNC(=O)c1cc(C2CC2)nc2ccccc12)c1ccc[nH]1. The molecule has 2 amide bonds. The molecule has 1 saturated carbocycles. The zero-order chi connectivity index (χ0) is 16.5. The van der Waals surface area contributed by atoms with Gasteiger partial charge in [0, 0.05) is 23.2 Å². The average Bonchev–Trinajstić information content (AvgIpc) is 3.32. The number of aromatic amines is 1. The summed E-state index contributed by atoms with van der Waals surface area (Å²) in [4.78, 5) is 31.9. The van der Waals surface area contributed by atoms with E-state index in [4.69, 9.17) is 0 Å². The first-order valence-electron chi connectivity index (χ1n) is 7.86. The molecule has 1 aliphatic carbocycles. The number of fused-ring (bicyclic) bond motifs is 1. The van der Waals surface area contributed by atoms with Gasteiger partial charge < -0.3 is 4.98 Å². The third-order valence-electron chi connectivity index (χ3n) is 4.11. The molecule has 120 valence electrons. The number of hydrazine groups is 1. The molecule has 0 unspecified atom stereocenters. The Morgan fingerprint density at radius 2 is 1.83 bits per heavy atom. The Morgan fingerprint density at radius 1 is 1.04 bits per heavy atom. The maximum absolute atomic E-state index is 12.6. The Hall–Kier alpha value is -3.15. The van der Waals surface area contributed by atoms with Gasteiger partial charge >= 0.3 is 0 Å². The normalized spacial score (nSPS) is 13.7. The second kappa shape index (κ2) is 5.81. The van der Waals surface area contributed by atoms with E-state index in [0.717, 1.165) is 29.4 Å². The van der Waals surface area contributed by atoms with Crippen molar-refractivity contribution in [3.8, 4) is 0 Å². The van der Waals surface area contributed by atoms with Crippen LogP contribution in [0.25, 0.3) is 10.9 Å². The standard InChI is InChI=1S/C18H16N4O2/c23-17(21-22-18(24)15-6-3-9-19-15)13-10-16(11-7-8-11)20-14-5-2-1-4-12(13)14/h1-6,9-11,19H,7-8H2,(H,21,23)(H,22,24). The number of amides is 2. The summed E-state index contributed by atoms with van der Waals surface area (Å²) in [5, 5.41) is 0.772. The van der Waals surface area contributed by atoms with Gasteiger partial charge in [-0.25, -0.2) is 0 Å². The Kier molecular flexibility index (Phi) is 3.49. The van der Waals surface area contributed by atoms with Gasteiger partial charge in [0.1, 0.15) is 5.69 Å². The summed E-state index contributed by atoms with van der Waals surface area (Å²) in [6.45, 7) is 0. The average molecular weight is 320 g/mol. The molecule has 1 aliphatic rings. The largest absolute Gasteiger partial charge is 0.357 e. The number of benzene rings is 1. The van der Waals surface area contributed by atoms with Crippen molar-refractivity contribution in [2.45, 2.75) is 18.8 Å². The molecule has 1 fully saturated rings. The highest BCUT2D eigenvalue weighted by Crippen LogP contribution is 2.40. The molecule has 3 aromatic rings. The lowest BCUT2D eigenvalue weighted by Gasteiger charge is -2.10. The summed E-state index contributed by atoms with van der Waals surface area (Å²) in [6, 6.07) is 12.7. The van der Waals surface area contributed by atoms with Gasteiger partial charge in [0.2, 0.25) is 0 Å². The number of pyridine rings is 1. The summed E-state index contributed by atoms with van der Waals surface area (Å²) >= 11 is 0. The number of hydrogen-bond donors (Lipinski definition) is 3. The molecular formula is C18H16N4O2. The van der Waals surface area contributed by atoms with E-state index in [9.17, 15) is 9.59 Å². The quantitative estimate of drug-likeness (QED) is 0.648. The monoisotopic (exact) mass is 320 g/mol. The van der Waals surface area contributed by atoms with E-state index in [2.05, 4.69) is 20.8 Å². The van der Waals surface area contributed by atoms with Crippen LogP contribution in [0.15, 0.2) is 48.7 Å². The van der Waals surface area contributed by atoms with Crippen LogP contribution in [0.4, 0.5) is 0 Å². The molecule has 0 spiro atoms. The van der Waals surface area contributed by atoms with Crippen molar-refractivity contribution in [2.24, 2.45) is 0 Å². The molecule has 24 heavy (non-hydrogen) atoms. The maximum Gasteiger partial charge on any atom is 0.286 e. The molecule has 6 heteroatoms. The summed E-state index contributed by atoms with van der Waals surface area (Å²) in [6.07, 6.45) is 3.86. The van der Waals surface area contributed by atoms with E-state index in [1.807, 2.05) is 30.3 Å². The Balaban J connectivity index is 1.60.